The molecule has 3 aromatic rings. The molecule has 2 aromatic carbocycles. The molecule has 0 atom stereocenters. The molecule has 0 aliphatic rings. The predicted molar refractivity (Wildman–Crippen MR) is 99.6 cm³/mol. The van der Waals surface area contributed by atoms with Crippen LogP contribution in [0.4, 0.5) is 5.69 Å². The highest BCUT2D eigenvalue weighted by Crippen LogP contribution is 2.12. The minimum Gasteiger partial charge on any atom is -0.326 e. The average Bonchev–Trinajstić information content (AvgIpc) is 3.20. The summed E-state index contributed by atoms with van der Waals surface area (Å²) in [5.41, 5.74) is 5.79. The Hall–Kier alpha value is -3.88. The number of hydrogen-bond acceptors (Lipinski definition) is 6. The summed E-state index contributed by atoms with van der Waals surface area (Å²) in [7, 11) is 0. The molecule has 0 saturated carbocycles. The highest BCUT2D eigenvalue weighted by Gasteiger charge is 2.07. The van der Waals surface area contributed by atoms with Crippen molar-refractivity contribution in [2.45, 2.75) is 13.8 Å². The number of carbonyl (C=O) groups excluding carboxylic acids is 2. The highest BCUT2D eigenvalue weighted by molar-refractivity contribution is 6.02. The number of nitrogens with one attached hydrogen (secondary N) is 2. The van der Waals surface area contributed by atoms with Gasteiger partial charge < -0.3 is 5.32 Å². The number of anilines is 1. The average molecular weight is 363 g/mol. The van der Waals surface area contributed by atoms with Crippen LogP contribution >= 0.6 is 0 Å². The molecular formula is C18H17N7O2. The summed E-state index contributed by atoms with van der Waals surface area (Å²) >= 11 is 0. The quantitative estimate of drug-likeness (QED) is 0.530. The molecule has 27 heavy (non-hydrogen) atoms. The molecule has 0 fully saturated rings. The zero-order valence-corrected chi connectivity index (χ0v) is 14.7. The zero-order chi connectivity index (χ0) is 19.2. The molecule has 2 N–H and O–H groups in total. The van der Waals surface area contributed by atoms with Crippen molar-refractivity contribution in [3.8, 4) is 5.69 Å². The van der Waals surface area contributed by atoms with Crippen LogP contribution in [0, 0.1) is 0 Å². The van der Waals surface area contributed by atoms with Gasteiger partial charge in [0.2, 0.25) is 5.91 Å². The van der Waals surface area contributed by atoms with E-state index in [-0.39, 0.29) is 11.8 Å². The van der Waals surface area contributed by atoms with E-state index in [9.17, 15) is 9.59 Å². The van der Waals surface area contributed by atoms with Crippen molar-refractivity contribution in [3.63, 3.8) is 0 Å². The Morgan fingerprint density at radius 3 is 2.48 bits per heavy atom. The van der Waals surface area contributed by atoms with Crippen LogP contribution in [0.5, 0.6) is 0 Å². The molecule has 0 aliphatic carbocycles. The first kappa shape index (κ1) is 17.9. The van der Waals surface area contributed by atoms with E-state index in [0.29, 0.717) is 17.0 Å². The molecule has 9 heteroatoms. The lowest BCUT2D eigenvalue weighted by Gasteiger charge is -2.06. The number of hydrazone groups is 1. The minimum atomic E-state index is -0.337. The summed E-state index contributed by atoms with van der Waals surface area (Å²) in [4.78, 5) is 23.4. The number of tetrazole rings is 1. The molecule has 0 bridgehead atoms. The van der Waals surface area contributed by atoms with Gasteiger partial charge in [0.25, 0.3) is 5.91 Å². The summed E-state index contributed by atoms with van der Waals surface area (Å²) in [6.45, 7) is 3.21. The van der Waals surface area contributed by atoms with Crippen molar-refractivity contribution in [3.05, 3.63) is 66.0 Å². The van der Waals surface area contributed by atoms with Crippen LogP contribution in [-0.4, -0.2) is 37.7 Å². The summed E-state index contributed by atoms with van der Waals surface area (Å²) < 4.78 is 1.49. The van der Waals surface area contributed by atoms with Gasteiger partial charge >= 0.3 is 0 Å². The van der Waals surface area contributed by atoms with Crippen molar-refractivity contribution in [2.24, 2.45) is 5.10 Å². The van der Waals surface area contributed by atoms with E-state index >= 15 is 0 Å². The first-order valence-electron chi connectivity index (χ1n) is 8.09. The molecule has 3 rings (SSSR count). The topological polar surface area (TPSA) is 114 Å². The molecular weight excluding hydrogens is 346 g/mol. The van der Waals surface area contributed by atoms with E-state index in [4.69, 9.17) is 0 Å². The molecule has 0 spiro atoms. The third-order valence-electron chi connectivity index (χ3n) is 3.67. The second-order valence-corrected chi connectivity index (χ2v) is 5.70. The van der Waals surface area contributed by atoms with E-state index in [1.807, 2.05) is 6.07 Å². The second kappa shape index (κ2) is 8.00. The molecule has 0 radical (unpaired) electrons. The zero-order valence-electron chi connectivity index (χ0n) is 14.7. The SMILES string of the molecule is CC(=O)Nc1cccc(/C(C)=N/NC(=O)c2ccc(-n3cnnn3)cc2)c1. The van der Waals surface area contributed by atoms with Gasteiger partial charge in [0, 0.05) is 18.2 Å². The number of rotatable bonds is 5. The first-order chi connectivity index (χ1) is 13.0. The summed E-state index contributed by atoms with van der Waals surface area (Å²) in [6.07, 6.45) is 1.47. The highest BCUT2D eigenvalue weighted by atomic mass is 16.2. The van der Waals surface area contributed by atoms with Crippen LogP contribution in [0.15, 0.2) is 60.0 Å². The van der Waals surface area contributed by atoms with Crippen LogP contribution in [0.2, 0.25) is 0 Å². The smallest absolute Gasteiger partial charge is 0.271 e. The van der Waals surface area contributed by atoms with Gasteiger partial charge in [-0.05, 0) is 59.3 Å². The van der Waals surface area contributed by atoms with Crippen LogP contribution in [-0.2, 0) is 4.79 Å². The number of benzene rings is 2. The maximum atomic E-state index is 12.3. The van der Waals surface area contributed by atoms with Gasteiger partial charge in [0.1, 0.15) is 6.33 Å². The van der Waals surface area contributed by atoms with E-state index in [0.717, 1.165) is 11.3 Å². The summed E-state index contributed by atoms with van der Waals surface area (Å²) in [5.74, 6) is -0.490. The maximum Gasteiger partial charge on any atom is 0.271 e. The van der Waals surface area contributed by atoms with Gasteiger partial charge in [0.05, 0.1) is 11.4 Å². The summed E-state index contributed by atoms with van der Waals surface area (Å²) in [6, 6.07) is 14.0. The van der Waals surface area contributed by atoms with Gasteiger partial charge in [-0.3, -0.25) is 9.59 Å². The van der Waals surface area contributed by atoms with Crippen molar-refractivity contribution in [1.82, 2.24) is 25.6 Å². The molecule has 0 unspecified atom stereocenters. The maximum absolute atomic E-state index is 12.3. The number of aromatic nitrogens is 4. The molecule has 2 amide bonds. The number of nitrogens with zero attached hydrogens (tertiary/aromatic N) is 5. The van der Waals surface area contributed by atoms with E-state index in [1.54, 1.807) is 49.4 Å². The fourth-order valence-corrected chi connectivity index (χ4v) is 2.33. The van der Waals surface area contributed by atoms with E-state index in [1.165, 1.54) is 17.9 Å². The lowest BCUT2D eigenvalue weighted by molar-refractivity contribution is -0.114. The van der Waals surface area contributed by atoms with Crippen LogP contribution in [0.1, 0.15) is 29.8 Å². The molecule has 0 saturated heterocycles. The van der Waals surface area contributed by atoms with Gasteiger partial charge in [-0.1, -0.05) is 12.1 Å². The van der Waals surface area contributed by atoms with Gasteiger partial charge in [-0.25, -0.2) is 10.1 Å². The van der Waals surface area contributed by atoms with Gasteiger partial charge in [0.15, 0.2) is 0 Å². The molecule has 136 valence electrons. The minimum absolute atomic E-state index is 0.153. The van der Waals surface area contributed by atoms with E-state index in [2.05, 4.69) is 31.4 Å². The summed E-state index contributed by atoms with van der Waals surface area (Å²) in [5, 5.41) is 17.8. The Labute approximate surface area is 155 Å². The Balaban J connectivity index is 1.68. The Morgan fingerprint density at radius 1 is 1.04 bits per heavy atom. The molecule has 1 aromatic heterocycles. The van der Waals surface area contributed by atoms with Crippen molar-refractivity contribution < 1.29 is 9.59 Å². The third-order valence-corrected chi connectivity index (χ3v) is 3.67. The van der Waals surface area contributed by atoms with Crippen LogP contribution in [0.25, 0.3) is 5.69 Å². The molecule has 9 nitrogen and oxygen atoms in total. The largest absolute Gasteiger partial charge is 0.326 e. The van der Waals surface area contributed by atoms with Gasteiger partial charge in [-0.2, -0.15) is 5.10 Å². The predicted octanol–water partition coefficient (Wildman–Crippen LogP) is 1.77. The lowest BCUT2D eigenvalue weighted by atomic mass is 10.1. The fraction of sp³-hybridized carbons (Fsp3) is 0.111. The number of hydrogen-bond donors (Lipinski definition) is 2. The van der Waals surface area contributed by atoms with Crippen LogP contribution in [0.3, 0.4) is 0 Å². The normalized spacial score (nSPS) is 11.1. The monoisotopic (exact) mass is 363 g/mol. The second-order valence-electron chi connectivity index (χ2n) is 5.70. The lowest BCUT2D eigenvalue weighted by Crippen LogP contribution is -2.19. The van der Waals surface area contributed by atoms with Crippen molar-refractivity contribution >= 4 is 23.2 Å². The van der Waals surface area contributed by atoms with Crippen LogP contribution < -0.4 is 10.7 Å². The van der Waals surface area contributed by atoms with E-state index < -0.39 is 0 Å². The Kier molecular flexibility index (Phi) is 5.31. The number of amides is 2. The van der Waals surface area contributed by atoms with Crippen molar-refractivity contribution in [2.75, 3.05) is 5.32 Å². The Bertz CT molecular complexity index is 979. The van der Waals surface area contributed by atoms with Gasteiger partial charge in [-0.15, -0.1) is 5.10 Å². The fourth-order valence-electron chi connectivity index (χ4n) is 2.33. The number of carbonyl (C=O) groups is 2. The first-order valence-corrected chi connectivity index (χ1v) is 8.09. The standard InChI is InChI=1S/C18H17N7O2/c1-12(15-4-3-5-16(10-15)20-13(2)26)21-22-18(27)14-6-8-17(9-7-14)25-11-19-23-24-25/h3-11H,1-2H3,(H,20,26)(H,22,27)/b21-12+. The third kappa shape index (κ3) is 4.60. The van der Waals surface area contributed by atoms with Crippen molar-refractivity contribution in [1.29, 1.82) is 0 Å². The Morgan fingerprint density at radius 2 is 1.81 bits per heavy atom. The molecule has 1 heterocycles. The molecule has 0 aliphatic heterocycles.